The van der Waals surface area contributed by atoms with E-state index in [1.54, 1.807) is 0 Å². The molecule has 0 bridgehead atoms. The van der Waals surface area contributed by atoms with Gasteiger partial charge in [0.1, 0.15) is 0 Å². The minimum atomic E-state index is -0.287. The number of fused-ring (bicyclic) bond motifs is 1. The van der Waals surface area contributed by atoms with E-state index in [1.807, 2.05) is 12.1 Å². The SMILES string of the molecule is COc1cc(N2CCCN3CCCCC3C2)ccc1F. The number of halogens is 1. The molecule has 0 spiro atoms. The molecule has 0 aromatic heterocycles. The summed E-state index contributed by atoms with van der Waals surface area (Å²) in [6, 6.07) is 5.87. The van der Waals surface area contributed by atoms with Crippen LogP contribution in [0.3, 0.4) is 0 Å². The molecule has 3 rings (SSSR count). The molecule has 2 saturated heterocycles. The first-order valence-electron chi connectivity index (χ1n) is 7.60. The fourth-order valence-corrected chi connectivity index (χ4v) is 3.45. The van der Waals surface area contributed by atoms with Gasteiger partial charge in [-0.25, -0.2) is 4.39 Å². The molecule has 1 unspecified atom stereocenters. The second kappa shape index (κ2) is 6.00. The molecule has 4 heteroatoms. The average Bonchev–Trinajstić information content (AvgIpc) is 2.70. The molecule has 0 saturated carbocycles. The zero-order valence-corrected chi connectivity index (χ0v) is 12.1. The van der Waals surface area contributed by atoms with Gasteiger partial charge in [-0.15, -0.1) is 0 Å². The largest absolute Gasteiger partial charge is 0.494 e. The van der Waals surface area contributed by atoms with Crippen LogP contribution >= 0.6 is 0 Å². The van der Waals surface area contributed by atoms with Crippen LogP contribution in [0.4, 0.5) is 10.1 Å². The van der Waals surface area contributed by atoms with E-state index in [0.29, 0.717) is 11.8 Å². The maximum Gasteiger partial charge on any atom is 0.165 e. The molecule has 0 N–H and O–H groups in total. The van der Waals surface area contributed by atoms with Gasteiger partial charge in [0.2, 0.25) is 0 Å². The minimum absolute atomic E-state index is 0.287. The predicted molar refractivity (Wildman–Crippen MR) is 79.0 cm³/mol. The molecular weight excluding hydrogens is 255 g/mol. The second-order valence-electron chi connectivity index (χ2n) is 5.80. The van der Waals surface area contributed by atoms with Crippen LogP contribution < -0.4 is 9.64 Å². The van der Waals surface area contributed by atoms with E-state index >= 15 is 0 Å². The Morgan fingerprint density at radius 3 is 2.85 bits per heavy atom. The highest BCUT2D eigenvalue weighted by molar-refractivity contribution is 5.51. The van der Waals surface area contributed by atoms with Gasteiger partial charge >= 0.3 is 0 Å². The Morgan fingerprint density at radius 1 is 1.15 bits per heavy atom. The van der Waals surface area contributed by atoms with Crippen molar-refractivity contribution in [1.29, 1.82) is 0 Å². The minimum Gasteiger partial charge on any atom is -0.494 e. The number of benzene rings is 1. The third kappa shape index (κ3) is 2.75. The lowest BCUT2D eigenvalue weighted by Gasteiger charge is -2.35. The Morgan fingerprint density at radius 2 is 2.00 bits per heavy atom. The summed E-state index contributed by atoms with van der Waals surface area (Å²) in [4.78, 5) is 5.02. The van der Waals surface area contributed by atoms with Crippen molar-refractivity contribution in [2.45, 2.75) is 31.7 Å². The molecule has 0 amide bonds. The van der Waals surface area contributed by atoms with Gasteiger partial charge in [0.25, 0.3) is 0 Å². The van der Waals surface area contributed by atoms with Crippen molar-refractivity contribution in [3.63, 3.8) is 0 Å². The number of nitrogens with zero attached hydrogens (tertiary/aromatic N) is 2. The zero-order chi connectivity index (χ0) is 13.9. The standard InChI is InChI=1S/C16H23FN2O/c1-20-16-11-13(6-7-15(16)17)19-10-4-9-18-8-3-2-5-14(18)12-19/h6-7,11,14H,2-5,8-10,12H2,1H3. The van der Waals surface area contributed by atoms with Crippen molar-refractivity contribution in [2.75, 3.05) is 38.2 Å². The van der Waals surface area contributed by atoms with Crippen molar-refractivity contribution in [1.82, 2.24) is 4.90 Å². The molecule has 3 nitrogen and oxygen atoms in total. The molecule has 2 heterocycles. The third-order valence-electron chi connectivity index (χ3n) is 4.55. The number of rotatable bonds is 2. The van der Waals surface area contributed by atoms with Crippen molar-refractivity contribution in [3.05, 3.63) is 24.0 Å². The van der Waals surface area contributed by atoms with Crippen molar-refractivity contribution in [2.24, 2.45) is 0 Å². The fraction of sp³-hybridized carbons (Fsp3) is 0.625. The molecule has 2 aliphatic rings. The maximum atomic E-state index is 13.5. The lowest BCUT2D eigenvalue weighted by atomic mass is 10.0. The summed E-state index contributed by atoms with van der Waals surface area (Å²) in [5.74, 6) is 0.0533. The maximum absolute atomic E-state index is 13.5. The number of anilines is 1. The van der Waals surface area contributed by atoms with Crippen LogP contribution in [0.5, 0.6) is 5.75 Å². The van der Waals surface area contributed by atoms with Gasteiger partial charge in [-0.3, -0.25) is 4.90 Å². The molecular formula is C16H23FN2O. The summed E-state index contributed by atoms with van der Waals surface area (Å²) in [6.07, 6.45) is 5.13. The summed E-state index contributed by atoms with van der Waals surface area (Å²) < 4.78 is 18.6. The Kier molecular flexibility index (Phi) is 4.10. The summed E-state index contributed by atoms with van der Waals surface area (Å²) >= 11 is 0. The zero-order valence-electron chi connectivity index (χ0n) is 12.1. The van der Waals surface area contributed by atoms with E-state index in [2.05, 4.69) is 9.80 Å². The van der Waals surface area contributed by atoms with Crippen LogP contribution in [-0.4, -0.2) is 44.2 Å². The summed E-state index contributed by atoms with van der Waals surface area (Å²) in [5.41, 5.74) is 1.08. The molecule has 0 aliphatic carbocycles. The number of hydrogen-bond acceptors (Lipinski definition) is 3. The van der Waals surface area contributed by atoms with Gasteiger partial charge in [-0.2, -0.15) is 0 Å². The van der Waals surface area contributed by atoms with E-state index in [0.717, 1.165) is 18.8 Å². The molecule has 1 atom stereocenters. The Balaban J connectivity index is 1.79. The first kappa shape index (κ1) is 13.7. The smallest absolute Gasteiger partial charge is 0.165 e. The van der Waals surface area contributed by atoms with Gasteiger partial charge in [-0.05, 0) is 37.9 Å². The van der Waals surface area contributed by atoms with Crippen molar-refractivity contribution < 1.29 is 9.13 Å². The molecule has 1 aromatic carbocycles. The third-order valence-corrected chi connectivity index (χ3v) is 4.55. The quantitative estimate of drug-likeness (QED) is 0.827. The molecule has 110 valence electrons. The number of hydrogen-bond donors (Lipinski definition) is 0. The van der Waals surface area contributed by atoms with E-state index in [9.17, 15) is 4.39 Å². The molecule has 20 heavy (non-hydrogen) atoms. The van der Waals surface area contributed by atoms with Crippen molar-refractivity contribution >= 4 is 5.69 Å². The topological polar surface area (TPSA) is 15.7 Å². The van der Waals surface area contributed by atoms with E-state index in [4.69, 9.17) is 4.74 Å². The van der Waals surface area contributed by atoms with Gasteiger partial charge in [0.05, 0.1) is 7.11 Å². The molecule has 2 aliphatic heterocycles. The highest BCUT2D eigenvalue weighted by Gasteiger charge is 2.27. The van der Waals surface area contributed by atoms with Crippen LogP contribution in [0.2, 0.25) is 0 Å². The van der Waals surface area contributed by atoms with Gasteiger partial charge in [0, 0.05) is 37.4 Å². The molecule has 2 fully saturated rings. The predicted octanol–water partition coefficient (Wildman–Crippen LogP) is 2.90. The van der Waals surface area contributed by atoms with Gasteiger partial charge in [-0.1, -0.05) is 6.42 Å². The Hall–Kier alpha value is -1.29. The van der Waals surface area contributed by atoms with Crippen LogP contribution in [0.25, 0.3) is 0 Å². The normalized spacial score (nSPS) is 24.1. The second-order valence-corrected chi connectivity index (χ2v) is 5.80. The van der Waals surface area contributed by atoms with Gasteiger partial charge < -0.3 is 9.64 Å². The monoisotopic (exact) mass is 278 g/mol. The summed E-state index contributed by atoms with van der Waals surface area (Å²) in [7, 11) is 1.52. The summed E-state index contributed by atoms with van der Waals surface area (Å²) in [5, 5.41) is 0. The fourth-order valence-electron chi connectivity index (χ4n) is 3.45. The lowest BCUT2D eigenvalue weighted by Crippen LogP contribution is -2.44. The lowest BCUT2D eigenvalue weighted by molar-refractivity contribution is 0.162. The van der Waals surface area contributed by atoms with Crippen molar-refractivity contribution in [3.8, 4) is 5.75 Å². The van der Waals surface area contributed by atoms with E-state index in [1.165, 1.54) is 51.9 Å². The molecule has 1 aromatic rings. The van der Waals surface area contributed by atoms with Crippen LogP contribution in [0.15, 0.2) is 18.2 Å². The average molecular weight is 278 g/mol. The Labute approximate surface area is 120 Å². The van der Waals surface area contributed by atoms with E-state index in [-0.39, 0.29) is 5.82 Å². The van der Waals surface area contributed by atoms with E-state index < -0.39 is 0 Å². The van der Waals surface area contributed by atoms with Crippen LogP contribution in [0.1, 0.15) is 25.7 Å². The van der Waals surface area contributed by atoms with Gasteiger partial charge in [0.15, 0.2) is 11.6 Å². The number of piperidine rings is 1. The highest BCUT2D eigenvalue weighted by Crippen LogP contribution is 2.28. The number of methoxy groups -OCH3 is 1. The molecule has 0 radical (unpaired) electrons. The first-order chi connectivity index (χ1) is 9.78. The Bertz CT molecular complexity index is 466. The number of ether oxygens (including phenoxy) is 1. The highest BCUT2D eigenvalue weighted by atomic mass is 19.1. The van der Waals surface area contributed by atoms with Crippen LogP contribution in [0, 0.1) is 5.82 Å². The first-order valence-corrected chi connectivity index (χ1v) is 7.60. The summed E-state index contributed by atoms with van der Waals surface area (Å²) in [6.45, 7) is 4.53. The van der Waals surface area contributed by atoms with Crippen LogP contribution in [-0.2, 0) is 0 Å².